The number of aromatic amines is 1. The average Bonchev–Trinajstić information content (AvgIpc) is 3.47. The second-order valence-corrected chi connectivity index (χ2v) is 7.77. The lowest BCUT2D eigenvalue weighted by Crippen LogP contribution is -2.42. The number of nitrogens with two attached hydrogens (primary N) is 1. The molecule has 3 aromatic heterocycles. The van der Waals surface area contributed by atoms with Crippen molar-refractivity contribution < 1.29 is 4.79 Å². The second-order valence-electron chi connectivity index (χ2n) is 6.82. The summed E-state index contributed by atoms with van der Waals surface area (Å²) in [5, 5.41) is 14.0. The zero-order valence-electron chi connectivity index (χ0n) is 17.1. The molecule has 4 rings (SSSR count). The first-order valence-corrected chi connectivity index (χ1v) is 10.6. The van der Waals surface area contributed by atoms with E-state index in [1.807, 2.05) is 47.8 Å². The van der Waals surface area contributed by atoms with Gasteiger partial charge in [0, 0.05) is 6.54 Å². The van der Waals surface area contributed by atoms with Crippen molar-refractivity contribution in [2.45, 2.75) is 20.0 Å². The van der Waals surface area contributed by atoms with Crippen molar-refractivity contribution in [2.24, 2.45) is 0 Å². The molecule has 1 amide bonds. The normalized spacial score (nSPS) is 10.9. The number of nitrogens with one attached hydrogen (secondary N) is 1. The van der Waals surface area contributed by atoms with Gasteiger partial charge in [-0.3, -0.25) is 19.1 Å². The smallest absolute Gasteiger partial charge is 0.330 e. The van der Waals surface area contributed by atoms with Crippen molar-refractivity contribution in [2.75, 3.05) is 17.2 Å². The van der Waals surface area contributed by atoms with Crippen LogP contribution in [0.15, 0.2) is 57.4 Å². The van der Waals surface area contributed by atoms with E-state index in [0.717, 1.165) is 15.2 Å². The molecular weight excluding hydrogens is 432 g/mol. The molecule has 164 valence electrons. The predicted molar refractivity (Wildman–Crippen MR) is 120 cm³/mol. The Kier molecular flexibility index (Phi) is 5.94. The van der Waals surface area contributed by atoms with Crippen LogP contribution in [0.1, 0.15) is 12.5 Å². The van der Waals surface area contributed by atoms with Crippen LogP contribution in [0, 0.1) is 0 Å². The first-order chi connectivity index (χ1) is 15.5. The van der Waals surface area contributed by atoms with E-state index in [1.54, 1.807) is 6.92 Å². The Morgan fingerprint density at radius 2 is 1.97 bits per heavy atom. The molecule has 0 saturated carbocycles. The van der Waals surface area contributed by atoms with Gasteiger partial charge < -0.3 is 10.6 Å². The number of likely N-dealkylation sites (N-methyl/N-ethyl adjacent to an activating group) is 1. The lowest BCUT2D eigenvalue weighted by atomic mass is 10.2. The van der Waals surface area contributed by atoms with Gasteiger partial charge in [0.1, 0.15) is 12.4 Å². The Labute approximate surface area is 185 Å². The Hall–Kier alpha value is -4.06. The molecule has 0 aliphatic heterocycles. The van der Waals surface area contributed by atoms with Crippen molar-refractivity contribution >= 4 is 28.7 Å². The van der Waals surface area contributed by atoms with Crippen LogP contribution in [0.4, 0.5) is 11.5 Å². The van der Waals surface area contributed by atoms with Crippen LogP contribution in [0.25, 0.3) is 10.7 Å². The minimum Gasteiger partial charge on any atom is -0.383 e. The van der Waals surface area contributed by atoms with Gasteiger partial charge in [-0.25, -0.2) is 4.79 Å². The molecule has 0 saturated heterocycles. The summed E-state index contributed by atoms with van der Waals surface area (Å²) in [6.45, 7) is 1.76. The molecule has 1 aromatic carbocycles. The SMILES string of the molecule is CCN(C(=O)Cn1nnc(-c2cccs2)n1)c1c(N)n(Cc2ccccc2)c(=O)[nH]c1=O. The second kappa shape index (κ2) is 8.98. The molecular formula is C20H20N8O3S. The number of aromatic nitrogens is 6. The number of nitrogens with zero attached hydrogens (tertiary/aromatic N) is 6. The molecule has 0 aliphatic rings. The summed E-state index contributed by atoms with van der Waals surface area (Å²) < 4.78 is 1.23. The quantitative estimate of drug-likeness (QED) is 0.424. The highest BCUT2D eigenvalue weighted by atomic mass is 32.1. The van der Waals surface area contributed by atoms with Gasteiger partial charge in [-0.05, 0) is 29.1 Å². The van der Waals surface area contributed by atoms with E-state index in [4.69, 9.17) is 5.73 Å². The summed E-state index contributed by atoms with van der Waals surface area (Å²) in [5.41, 5.74) is 5.55. The number of rotatable bonds is 7. The van der Waals surface area contributed by atoms with E-state index >= 15 is 0 Å². The minimum absolute atomic E-state index is 0.0911. The molecule has 4 aromatic rings. The van der Waals surface area contributed by atoms with E-state index in [-0.39, 0.29) is 31.1 Å². The minimum atomic E-state index is -0.738. The maximum atomic E-state index is 13.0. The Morgan fingerprint density at radius 3 is 2.66 bits per heavy atom. The van der Waals surface area contributed by atoms with Gasteiger partial charge in [-0.1, -0.05) is 36.4 Å². The van der Waals surface area contributed by atoms with Gasteiger partial charge in [0.05, 0.1) is 11.4 Å². The molecule has 0 atom stereocenters. The summed E-state index contributed by atoms with van der Waals surface area (Å²) in [4.78, 5) is 43.4. The fraction of sp³-hybridized carbons (Fsp3) is 0.200. The highest BCUT2D eigenvalue weighted by Crippen LogP contribution is 2.20. The number of carbonyl (C=O) groups is 1. The molecule has 0 spiro atoms. The Bertz CT molecular complexity index is 1340. The maximum absolute atomic E-state index is 13.0. The zero-order valence-corrected chi connectivity index (χ0v) is 18.0. The first-order valence-electron chi connectivity index (χ1n) is 9.76. The number of benzene rings is 1. The van der Waals surface area contributed by atoms with Crippen LogP contribution >= 0.6 is 11.3 Å². The summed E-state index contributed by atoms with van der Waals surface area (Å²) >= 11 is 1.46. The first kappa shape index (κ1) is 21.2. The molecule has 12 heteroatoms. The number of amides is 1. The number of anilines is 2. The standard InChI is InChI=1S/C20H20N8O3S/c1-2-26(15(29)12-28-24-18(23-25-28)14-9-6-10-32-14)16-17(21)27(20(31)22-19(16)30)11-13-7-4-3-5-8-13/h3-10H,2,11-12,21H2,1H3,(H,22,30,31). The van der Waals surface area contributed by atoms with Crippen molar-refractivity contribution in [1.29, 1.82) is 0 Å². The largest absolute Gasteiger partial charge is 0.383 e. The molecule has 3 heterocycles. The van der Waals surface area contributed by atoms with Crippen LogP contribution in [0.3, 0.4) is 0 Å². The number of hydrogen-bond donors (Lipinski definition) is 2. The molecule has 0 bridgehead atoms. The number of nitrogen functional groups attached to an aromatic ring is 1. The third kappa shape index (κ3) is 4.21. The number of thiophene rings is 1. The number of hydrogen-bond acceptors (Lipinski definition) is 8. The van der Waals surface area contributed by atoms with Crippen molar-refractivity contribution in [3.63, 3.8) is 0 Å². The maximum Gasteiger partial charge on any atom is 0.330 e. The molecule has 32 heavy (non-hydrogen) atoms. The Morgan fingerprint density at radius 1 is 1.19 bits per heavy atom. The average molecular weight is 453 g/mol. The van der Waals surface area contributed by atoms with Crippen LogP contribution in [0.2, 0.25) is 0 Å². The van der Waals surface area contributed by atoms with Crippen LogP contribution in [-0.2, 0) is 17.9 Å². The monoisotopic (exact) mass is 452 g/mol. The van der Waals surface area contributed by atoms with E-state index in [0.29, 0.717) is 5.82 Å². The van der Waals surface area contributed by atoms with E-state index < -0.39 is 17.2 Å². The van der Waals surface area contributed by atoms with Crippen LogP contribution in [-0.4, -0.2) is 42.2 Å². The molecule has 3 N–H and O–H groups in total. The van der Waals surface area contributed by atoms with Gasteiger partial charge in [0.25, 0.3) is 11.5 Å². The van der Waals surface area contributed by atoms with Crippen molar-refractivity contribution in [3.8, 4) is 10.7 Å². The summed E-state index contributed by atoms with van der Waals surface area (Å²) in [6.07, 6.45) is 0. The topological polar surface area (TPSA) is 145 Å². The predicted octanol–water partition coefficient (Wildman–Crippen LogP) is 0.935. The lowest BCUT2D eigenvalue weighted by Gasteiger charge is -2.22. The third-order valence-corrected chi connectivity index (χ3v) is 5.62. The van der Waals surface area contributed by atoms with Gasteiger partial charge in [-0.15, -0.1) is 21.5 Å². The highest BCUT2D eigenvalue weighted by molar-refractivity contribution is 7.13. The fourth-order valence-electron chi connectivity index (χ4n) is 3.24. The molecule has 0 fully saturated rings. The number of carbonyl (C=O) groups excluding carboxylic acids is 1. The third-order valence-electron chi connectivity index (χ3n) is 4.76. The van der Waals surface area contributed by atoms with E-state index in [2.05, 4.69) is 20.4 Å². The van der Waals surface area contributed by atoms with Crippen LogP contribution < -0.4 is 21.9 Å². The van der Waals surface area contributed by atoms with Gasteiger partial charge >= 0.3 is 5.69 Å². The summed E-state index contributed by atoms with van der Waals surface area (Å²) in [5.74, 6) is -0.155. The molecule has 0 unspecified atom stereocenters. The van der Waals surface area contributed by atoms with E-state index in [9.17, 15) is 14.4 Å². The number of H-pyrrole nitrogens is 1. The number of tetrazole rings is 1. The zero-order chi connectivity index (χ0) is 22.7. The van der Waals surface area contributed by atoms with Gasteiger partial charge in [0.15, 0.2) is 5.69 Å². The molecule has 0 aliphatic carbocycles. The fourth-order valence-corrected chi connectivity index (χ4v) is 3.89. The van der Waals surface area contributed by atoms with Crippen molar-refractivity contribution in [1.82, 2.24) is 29.8 Å². The highest BCUT2D eigenvalue weighted by Gasteiger charge is 2.24. The van der Waals surface area contributed by atoms with E-state index in [1.165, 1.54) is 20.8 Å². The van der Waals surface area contributed by atoms with Crippen molar-refractivity contribution in [3.05, 3.63) is 74.2 Å². The summed E-state index contributed by atoms with van der Waals surface area (Å²) in [7, 11) is 0. The molecule has 11 nitrogen and oxygen atoms in total. The Balaban J connectivity index is 1.63. The molecule has 0 radical (unpaired) electrons. The van der Waals surface area contributed by atoms with Gasteiger partial charge in [-0.2, -0.15) is 4.80 Å². The van der Waals surface area contributed by atoms with Gasteiger partial charge in [0.2, 0.25) is 5.82 Å². The lowest BCUT2D eigenvalue weighted by molar-refractivity contribution is -0.119. The van der Waals surface area contributed by atoms with Crippen LogP contribution in [0.5, 0.6) is 0 Å². The summed E-state index contributed by atoms with van der Waals surface area (Å²) in [6, 6.07) is 12.9.